The Balaban J connectivity index is 0.00000300. The summed E-state index contributed by atoms with van der Waals surface area (Å²) in [6, 6.07) is 5.48. The Labute approximate surface area is 187 Å². The molecule has 10 heteroatoms. The molecule has 0 radical (unpaired) electrons. The summed E-state index contributed by atoms with van der Waals surface area (Å²) in [4.78, 5) is 10.8. The number of hydrogen-bond donors (Lipinski definition) is 2. The topological polar surface area (TPSA) is 87.8 Å². The van der Waals surface area contributed by atoms with Gasteiger partial charge in [-0.05, 0) is 30.5 Å². The molecule has 0 bridgehead atoms. The fraction of sp³-hybridized carbons (Fsp3) is 0.526. The Morgan fingerprint density at radius 3 is 2.72 bits per heavy atom. The van der Waals surface area contributed by atoms with Crippen molar-refractivity contribution >= 4 is 29.9 Å². The molecule has 29 heavy (non-hydrogen) atoms. The van der Waals surface area contributed by atoms with Crippen molar-refractivity contribution in [1.82, 2.24) is 25.7 Å². The van der Waals surface area contributed by atoms with E-state index < -0.39 is 0 Å². The first-order valence-corrected chi connectivity index (χ1v) is 9.38. The van der Waals surface area contributed by atoms with Crippen molar-refractivity contribution in [3.05, 3.63) is 41.3 Å². The van der Waals surface area contributed by atoms with Crippen LogP contribution in [0.3, 0.4) is 0 Å². The Kier molecular flexibility index (Phi) is 9.08. The van der Waals surface area contributed by atoms with Crippen LogP contribution < -0.4 is 15.4 Å². The minimum Gasteiger partial charge on any atom is -0.494 e. The van der Waals surface area contributed by atoms with Crippen molar-refractivity contribution in [3.63, 3.8) is 0 Å². The van der Waals surface area contributed by atoms with Crippen LogP contribution in [0.15, 0.2) is 27.7 Å². The van der Waals surface area contributed by atoms with Crippen molar-refractivity contribution in [3.8, 4) is 5.75 Å². The molecule has 0 aliphatic carbocycles. The molecule has 0 amide bonds. The van der Waals surface area contributed by atoms with Crippen molar-refractivity contribution < 1.29 is 13.7 Å². The third kappa shape index (κ3) is 6.81. The van der Waals surface area contributed by atoms with Gasteiger partial charge in [0.15, 0.2) is 23.4 Å². The molecule has 2 aromatic rings. The van der Waals surface area contributed by atoms with E-state index in [1.807, 2.05) is 6.07 Å². The van der Waals surface area contributed by atoms with Crippen LogP contribution in [0.1, 0.15) is 30.1 Å². The number of rotatable bonds is 6. The highest BCUT2D eigenvalue weighted by atomic mass is 127. The SMILES string of the molecule is CN=C(NCc1noc(C)n1)NC1CCN(Cc2ccc(OC)c(F)c2)CC1.I. The van der Waals surface area contributed by atoms with Gasteiger partial charge in [-0.15, -0.1) is 24.0 Å². The number of hydrogen-bond acceptors (Lipinski definition) is 6. The number of aliphatic imine (C=N–C) groups is 1. The second kappa shape index (κ2) is 11.3. The smallest absolute Gasteiger partial charge is 0.223 e. The molecule has 2 N–H and O–H groups in total. The predicted octanol–water partition coefficient (Wildman–Crippen LogP) is 2.47. The zero-order valence-electron chi connectivity index (χ0n) is 16.9. The van der Waals surface area contributed by atoms with E-state index in [1.54, 1.807) is 26.1 Å². The Hall–Kier alpha value is -1.95. The molecule has 0 atom stereocenters. The zero-order valence-corrected chi connectivity index (χ0v) is 19.3. The van der Waals surface area contributed by atoms with Crippen LogP contribution in [0.2, 0.25) is 0 Å². The van der Waals surface area contributed by atoms with E-state index in [0.29, 0.717) is 24.3 Å². The number of ether oxygens (including phenoxy) is 1. The molecule has 1 saturated heterocycles. The zero-order chi connectivity index (χ0) is 19.9. The van der Waals surface area contributed by atoms with E-state index in [9.17, 15) is 4.39 Å². The Bertz CT molecular complexity index is 808. The number of methoxy groups -OCH3 is 1. The van der Waals surface area contributed by atoms with Crippen LogP contribution in [0.4, 0.5) is 4.39 Å². The standard InChI is InChI=1S/C19H27FN6O2.HI/c1-13-23-18(25-28-13)11-22-19(21-2)24-15-6-8-26(9-7-15)12-14-4-5-17(27-3)16(20)10-14;/h4-5,10,15H,6-9,11-12H2,1-3H3,(H2,21,22,24);1H. The molecule has 0 spiro atoms. The molecule has 8 nitrogen and oxygen atoms in total. The molecule has 160 valence electrons. The van der Waals surface area contributed by atoms with Gasteiger partial charge in [0.25, 0.3) is 0 Å². The molecule has 2 heterocycles. The highest BCUT2D eigenvalue weighted by Gasteiger charge is 2.20. The molecular formula is C19H28FIN6O2. The lowest BCUT2D eigenvalue weighted by atomic mass is 10.0. The number of guanidine groups is 1. The third-order valence-electron chi connectivity index (χ3n) is 4.76. The number of nitrogens with zero attached hydrogens (tertiary/aromatic N) is 4. The molecule has 0 saturated carbocycles. The van der Waals surface area contributed by atoms with Gasteiger partial charge in [0.1, 0.15) is 0 Å². The quantitative estimate of drug-likeness (QED) is 0.345. The molecule has 3 rings (SSSR count). The minimum absolute atomic E-state index is 0. The summed E-state index contributed by atoms with van der Waals surface area (Å²) in [6.45, 7) is 4.83. The van der Waals surface area contributed by atoms with Gasteiger partial charge in [0, 0.05) is 39.6 Å². The highest BCUT2D eigenvalue weighted by Crippen LogP contribution is 2.20. The van der Waals surface area contributed by atoms with Crippen molar-refractivity contribution in [2.45, 2.75) is 38.9 Å². The predicted molar refractivity (Wildman–Crippen MR) is 119 cm³/mol. The maximum atomic E-state index is 13.9. The number of nitrogens with one attached hydrogen (secondary N) is 2. The molecule has 1 fully saturated rings. The van der Waals surface area contributed by atoms with Gasteiger partial charge >= 0.3 is 0 Å². The molecule has 1 aromatic heterocycles. The molecule has 0 unspecified atom stereocenters. The normalized spacial score (nSPS) is 15.7. The largest absolute Gasteiger partial charge is 0.494 e. The van der Waals surface area contributed by atoms with E-state index in [0.717, 1.165) is 44.0 Å². The summed E-state index contributed by atoms with van der Waals surface area (Å²) < 4.78 is 23.8. The monoisotopic (exact) mass is 518 g/mol. The summed E-state index contributed by atoms with van der Waals surface area (Å²) >= 11 is 0. The van der Waals surface area contributed by atoms with Gasteiger partial charge in [-0.2, -0.15) is 4.98 Å². The number of aryl methyl sites for hydroxylation is 1. The lowest BCUT2D eigenvalue weighted by Gasteiger charge is -2.33. The Morgan fingerprint density at radius 1 is 1.38 bits per heavy atom. The first-order chi connectivity index (χ1) is 13.6. The number of aromatic nitrogens is 2. The summed E-state index contributed by atoms with van der Waals surface area (Å²) in [6.07, 6.45) is 1.97. The first-order valence-electron chi connectivity index (χ1n) is 9.38. The van der Waals surface area contributed by atoms with Crippen LogP contribution in [0.5, 0.6) is 5.75 Å². The van der Waals surface area contributed by atoms with Crippen LogP contribution >= 0.6 is 24.0 Å². The molecule has 1 aromatic carbocycles. The minimum atomic E-state index is -0.316. The average molecular weight is 518 g/mol. The molecule has 1 aliphatic rings. The second-order valence-corrected chi connectivity index (χ2v) is 6.82. The van der Waals surface area contributed by atoms with Gasteiger partial charge in [-0.1, -0.05) is 11.2 Å². The highest BCUT2D eigenvalue weighted by molar-refractivity contribution is 14.0. The van der Waals surface area contributed by atoms with E-state index in [4.69, 9.17) is 9.26 Å². The van der Waals surface area contributed by atoms with Crippen LogP contribution in [0, 0.1) is 12.7 Å². The summed E-state index contributed by atoms with van der Waals surface area (Å²) in [5.41, 5.74) is 0.956. The summed E-state index contributed by atoms with van der Waals surface area (Å²) in [7, 11) is 3.21. The lowest BCUT2D eigenvalue weighted by Crippen LogP contribution is -2.48. The Morgan fingerprint density at radius 2 is 2.14 bits per heavy atom. The van der Waals surface area contributed by atoms with Crippen LogP contribution in [-0.4, -0.2) is 54.3 Å². The van der Waals surface area contributed by atoms with E-state index in [1.165, 1.54) is 7.11 Å². The van der Waals surface area contributed by atoms with Crippen LogP contribution in [-0.2, 0) is 13.1 Å². The average Bonchev–Trinajstić information content (AvgIpc) is 3.12. The lowest BCUT2D eigenvalue weighted by molar-refractivity contribution is 0.198. The maximum Gasteiger partial charge on any atom is 0.223 e. The van der Waals surface area contributed by atoms with Crippen molar-refractivity contribution in [1.29, 1.82) is 0 Å². The van der Waals surface area contributed by atoms with E-state index in [2.05, 4.69) is 30.7 Å². The number of halogens is 2. The first kappa shape index (κ1) is 23.3. The maximum absolute atomic E-state index is 13.9. The van der Waals surface area contributed by atoms with Gasteiger partial charge in [0.2, 0.25) is 5.89 Å². The van der Waals surface area contributed by atoms with Gasteiger partial charge < -0.3 is 19.9 Å². The van der Waals surface area contributed by atoms with Gasteiger partial charge in [-0.3, -0.25) is 9.89 Å². The number of piperidine rings is 1. The third-order valence-corrected chi connectivity index (χ3v) is 4.76. The van der Waals surface area contributed by atoms with Crippen molar-refractivity contribution in [2.75, 3.05) is 27.2 Å². The van der Waals surface area contributed by atoms with E-state index >= 15 is 0 Å². The second-order valence-electron chi connectivity index (χ2n) is 6.82. The molecular weight excluding hydrogens is 490 g/mol. The fourth-order valence-corrected chi connectivity index (χ4v) is 3.27. The summed E-state index contributed by atoms with van der Waals surface area (Å²) in [5, 5.41) is 10.5. The van der Waals surface area contributed by atoms with Gasteiger partial charge in [0.05, 0.1) is 13.7 Å². The van der Waals surface area contributed by atoms with Crippen molar-refractivity contribution in [2.24, 2.45) is 4.99 Å². The number of benzene rings is 1. The fourth-order valence-electron chi connectivity index (χ4n) is 3.27. The molecule has 1 aliphatic heterocycles. The van der Waals surface area contributed by atoms with Crippen LogP contribution in [0.25, 0.3) is 0 Å². The van der Waals surface area contributed by atoms with E-state index in [-0.39, 0.29) is 35.5 Å². The summed E-state index contributed by atoms with van der Waals surface area (Å²) in [5.74, 6) is 1.83. The number of likely N-dealkylation sites (tertiary alicyclic amines) is 1. The van der Waals surface area contributed by atoms with Gasteiger partial charge in [-0.25, -0.2) is 4.39 Å².